The summed E-state index contributed by atoms with van der Waals surface area (Å²) in [6.45, 7) is 11.6. The molecule has 1 unspecified atom stereocenters. The number of pyridine rings is 1. The minimum atomic E-state index is -0.547. The first kappa shape index (κ1) is 26.0. The Kier molecular flexibility index (Phi) is 6.95. The van der Waals surface area contributed by atoms with Crippen LogP contribution in [-0.2, 0) is 4.74 Å². The van der Waals surface area contributed by atoms with Crippen molar-refractivity contribution in [1.82, 2.24) is 29.4 Å². The highest BCUT2D eigenvalue weighted by atomic mass is 127. The molecular formula is C25H28FIN7O2P. The number of fused-ring (bicyclic) bond motifs is 2. The van der Waals surface area contributed by atoms with Crippen LogP contribution in [0.4, 0.5) is 15.0 Å². The molecule has 0 N–H and O–H groups in total. The fraction of sp³-hybridized carbons (Fsp3) is 0.400. The number of rotatable bonds is 3. The number of anilines is 1. The topological polar surface area (TPSA) is 89.3 Å². The summed E-state index contributed by atoms with van der Waals surface area (Å²) in [5.74, 6) is 0.130. The van der Waals surface area contributed by atoms with Gasteiger partial charge in [0.15, 0.2) is 5.82 Å². The van der Waals surface area contributed by atoms with Crippen LogP contribution in [0.25, 0.3) is 33.1 Å². The van der Waals surface area contributed by atoms with Gasteiger partial charge in [0.05, 0.1) is 23.5 Å². The highest BCUT2D eigenvalue weighted by Gasteiger charge is 2.28. The molecule has 4 aromatic rings. The zero-order chi connectivity index (χ0) is 26.5. The van der Waals surface area contributed by atoms with Gasteiger partial charge in [-0.15, -0.1) is 0 Å². The molecule has 1 aliphatic rings. The Morgan fingerprint density at radius 3 is 2.49 bits per heavy atom. The van der Waals surface area contributed by atoms with Crippen molar-refractivity contribution in [3.05, 3.63) is 41.7 Å². The molecule has 0 spiro atoms. The molecule has 0 saturated carbocycles. The first-order valence-electron chi connectivity index (χ1n) is 12.0. The van der Waals surface area contributed by atoms with Gasteiger partial charge in [-0.2, -0.15) is 5.10 Å². The molecule has 37 heavy (non-hydrogen) atoms. The summed E-state index contributed by atoms with van der Waals surface area (Å²) in [5.41, 5.74) is 3.64. The third kappa shape index (κ3) is 4.83. The molecule has 9 nitrogen and oxygen atoms in total. The Balaban J connectivity index is 1.50. The normalized spacial score (nSPS) is 14.9. The van der Waals surface area contributed by atoms with E-state index in [4.69, 9.17) is 4.74 Å². The summed E-state index contributed by atoms with van der Waals surface area (Å²) >= 11 is 2.29. The lowest BCUT2D eigenvalue weighted by Crippen LogP contribution is -2.50. The van der Waals surface area contributed by atoms with Crippen molar-refractivity contribution >= 4 is 62.1 Å². The average molecular weight is 635 g/mol. The van der Waals surface area contributed by atoms with Crippen molar-refractivity contribution in [3.8, 4) is 11.3 Å². The van der Waals surface area contributed by atoms with Gasteiger partial charge in [0.25, 0.3) is 0 Å². The van der Waals surface area contributed by atoms with Crippen LogP contribution in [-0.4, -0.2) is 67.3 Å². The molecule has 1 saturated heterocycles. The summed E-state index contributed by atoms with van der Waals surface area (Å²) in [6, 6.07) is 2.09. The Morgan fingerprint density at radius 2 is 1.81 bits per heavy atom. The predicted molar refractivity (Wildman–Crippen MR) is 153 cm³/mol. The van der Waals surface area contributed by atoms with Gasteiger partial charge in [0.1, 0.15) is 29.0 Å². The van der Waals surface area contributed by atoms with Crippen LogP contribution in [0, 0.1) is 19.7 Å². The second kappa shape index (κ2) is 9.90. The molecule has 0 aliphatic carbocycles. The molecule has 5 rings (SSSR count). The van der Waals surface area contributed by atoms with E-state index in [1.165, 1.54) is 6.33 Å². The zero-order valence-corrected chi connectivity index (χ0v) is 24.5. The Morgan fingerprint density at radius 1 is 1.08 bits per heavy atom. The highest BCUT2D eigenvalue weighted by molar-refractivity contribution is 14.2. The predicted octanol–water partition coefficient (Wildman–Crippen LogP) is 5.65. The van der Waals surface area contributed by atoms with Crippen molar-refractivity contribution in [2.24, 2.45) is 0 Å². The molecule has 3 aromatic heterocycles. The van der Waals surface area contributed by atoms with Gasteiger partial charge in [-0.3, -0.25) is 4.98 Å². The number of benzene rings is 1. The third-order valence-corrected chi connectivity index (χ3v) is 8.43. The number of aryl methyl sites for hydroxylation is 1. The fourth-order valence-corrected chi connectivity index (χ4v) is 6.14. The van der Waals surface area contributed by atoms with E-state index < -0.39 is 11.4 Å². The van der Waals surface area contributed by atoms with Crippen LogP contribution in [0.5, 0.6) is 0 Å². The minimum absolute atomic E-state index is 0.224. The Labute approximate surface area is 229 Å². The van der Waals surface area contributed by atoms with Crippen LogP contribution in [0.1, 0.15) is 31.9 Å². The number of amides is 1. The van der Waals surface area contributed by atoms with Gasteiger partial charge >= 0.3 is 6.09 Å². The van der Waals surface area contributed by atoms with Crippen molar-refractivity contribution < 1.29 is 13.9 Å². The molecular weight excluding hydrogens is 607 g/mol. The van der Waals surface area contributed by atoms with E-state index in [0.717, 1.165) is 27.6 Å². The van der Waals surface area contributed by atoms with E-state index in [-0.39, 0.29) is 17.3 Å². The molecule has 194 valence electrons. The molecule has 1 amide bonds. The van der Waals surface area contributed by atoms with Crippen molar-refractivity contribution in [2.75, 3.05) is 31.1 Å². The first-order valence-corrected chi connectivity index (χ1v) is 16.0. The molecule has 0 bridgehead atoms. The standard InChI is InChI=1S/C25H28FIN7O2P/c1-14-10-18-16(12-31-34(18)37-27)19(15(14)2)22-20(26)21-17(11-28-22)23(30-13-29-21)32-6-8-33(9-7-32)24(35)36-25(3,4)5/h10-13,37H,6-9H2,1-5H3. The lowest BCUT2D eigenvalue weighted by atomic mass is 9.96. The second-order valence-corrected chi connectivity index (χ2v) is 12.1. The first-order chi connectivity index (χ1) is 17.6. The largest absolute Gasteiger partial charge is 0.444 e. The number of hydrogen-bond acceptors (Lipinski definition) is 7. The molecule has 4 heterocycles. The third-order valence-electron chi connectivity index (χ3n) is 6.54. The maximum Gasteiger partial charge on any atom is 0.410 e. The molecule has 1 aliphatic heterocycles. The number of piperazine rings is 1. The molecule has 1 atom stereocenters. The quantitative estimate of drug-likeness (QED) is 0.213. The molecule has 0 radical (unpaired) electrons. The van der Waals surface area contributed by atoms with Gasteiger partial charge < -0.3 is 14.5 Å². The average Bonchev–Trinajstić information content (AvgIpc) is 3.26. The lowest BCUT2D eigenvalue weighted by Gasteiger charge is -2.36. The van der Waals surface area contributed by atoms with Crippen LogP contribution < -0.4 is 4.90 Å². The van der Waals surface area contributed by atoms with E-state index in [1.54, 1.807) is 17.3 Å². The minimum Gasteiger partial charge on any atom is -0.444 e. The van der Waals surface area contributed by atoms with E-state index in [0.29, 0.717) is 43.8 Å². The van der Waals surface area contributed by atoms with E-state index >= 15 is 4.39 Å². The Hall–Kier alpha value is -2.66. The van der Waals surface area contributed by atoms with Crippen molar-refractivity contribution in [3.63, 3.8) is 0 Å². The number of aromatic nitrogens is 5. The van der Waals surface area contributed by atoms with Crippen LogP contribution in [0.3, 0.4) is 0 Å². The summed E-state index contributed by atoms with van der Waals surface area (Å²) in [5, 5.41) is 5.90. The summed E-state index contributed by atoms with van der Waals surface area (Å²) in [7, 11) is 0. The van der Waals surface area contributed by atoms with Crippen molar-refractivity contribution in [1.29, 1.82) is 0 Å². The number of carbonyl (C=O) groups excluding carboxylic acids is 1. The van der Waals surface area contributed by atoms with Gasteiger partial charge in [0.2, 0.25) is 0 Å². The fourth-order valence-electron chi connectivity index (χ4n) is 4.61. The number of nitrogens with zero attached hydrogens (tertiary/aromatic N) is 7. The molecule has 1 fully saturated rings. The van der Waals surface area contributed by atoms with Crippen molar-refractivity contribution in [2.45, 2.75) is 40.2 Å². The van der Waals surface area contributed by atoms with Gasteiger partial charge in [-0.05, 0) is 73.9 Å². The summed E-state index contributed by atoms with van der Waals surface area (Å²) < 4.78 is 23.5. The Bertz CT molecular complexity index is 1510. The van der Waals surface area contributed by atoms with Crippen LogP contribution >= 0.6 is 28.4 Å². The van der Waals surface area contributed by atoms with Gasteiger partial charge in [0, 0.05) is 43.3 Å². The second-order valence-electron chi connectivity index (χ2n) is 10.1. The van der Waals surface area contributed by atoms with E-state index in [2.05, 4.69) is 48.2 Å². The van der Waals surface area contributed by atoms with Gasteiger partial charge in [-0.25, -0.2) is 23.6 Å². The zero-order valence-electron chi connectivity index (χ0n) is 21.3. The highest BCUT2D eigenvalue weighted by Crippen LogP contribution is 2.39. The smallest absolute Gasteiger partial charge is 0.410 e. The number of ether oxygens (including phenoxy) is 1. The number of halogens is 2. The molecule has 12 heteroatoms. The number of carbonyl (C=O) groups is 1. The maximum atomic E-state index is 16.1. The van der Waals surface area contributed by atoms with Crippen LogP contribution in [0.2, 0.25) is 0 Å². The van der Waals surface area contributed by atoms with Gasteiger partial charge in [-0.1, -0.05) is 0 Å². The molecule has 1 aromatic carbocycles. The monoisotopic (exact) mass is 635 g/mol. The van der Waals surface area contributed by atoms with E-state index in [9.17, 15) is 4.79 Å². The summed E-state index contributed by atoms with van der Waals surface area (Å²) in [4.78, 5) is 29.5. The number of hydrogen-bond donors (Lipinski definition) is 0. The maximum absolute atomic E-state index is 16.1. The lowest BCUT2D eigenvalue weighted by molar-refractivity contribution is 0.0240. The SMILES string of the molecule is Cc1cc2c(cnn2PI)c(-c2ncc3c(N4CCN(C(=O)OC(C)(C)C)CC4)ncnc3c2F)c1C. The summed E-state index contributed by atoms with van der Waals surface area (Å²) in [6.07, 6.45) is 4.93. The van der Waals surface area contributed by atoms with Crippen LogP contribution in [0.15, 0.2) is 24.8 Å². The van der Waals surface area contributed by atoms with E-state index in [1.807, 2.05) is 44.0 Å².